The first kappa shape index (κ1) is 6.97. The van der Waals surface area contributed by atoms with Crippen molar-refractivity contribution in [3.05, 3.63) is 0 Å². The molecule has 0 radical (unpaired) electrons. The van der Waals surface area contributed by atoms with Crippen molar-refractivity contribution >= 4 is 5.91 Å². The Kier molecular flexibility index (Phi) is 2.45. The van der Waals surface area contributed by atoms with E-state index >= 15 is 0 Å². The minimum absolute atomic E-state index is 0.000951. The Bertz CT molecular complexity index is 373. The molecule has 0 aromatic carbocycles. The van der Waals surface area contributed by atoms with E-state index in [4.69, 9.17) is 14.0 Å². The van der Waals surface area contributed by atoms with Crippen molar-refractivity contribution in [2.75, 3.05) is 26.2 Å². The van der Waals surface area contributed by atoms with Gasteiger partial charge >= 0.3 is 0 Å². The maximum Gasteiger partial charge on any atom is 0.234 e. The summed E-state index contributed by atoms with van der Waals surface area (Å²) in [6, 6.07) is 0. The van der Waals surface area contributed by atoms with Crippen LogP contribution in [0.1, 0.15) is 41.7 Å². The van der Waals surface area contributed by atoms with Crippen LogP contribution in [0.15, 0.2) is 0 Å². The lowest BCUT2D eigenvalue weighted by atomic mass is 9.97. The number of hydrogen-bond donors (Lipinski definition) is 2. The fourth-order valence-corrected chi connectivity index (χ4v) is 1.90. The number of likely N-dealkylation sites (tertiary alicyclic amines) is 1. The summed E-state index contributed by atoms with van der Waals surface area (Å²) in [5.41, 5.74) is 3.35. The van der Waals surface area contributed by atoms with Gasteiger partial charge in [0.05, 0.1) is 6.54 Å². The molecule has 1 rings (SSSR count). The molecular weight excluding hydrogens is 202 g/mol. The third-order valence-electron chi connectivity index (χ3n) is 2.80. The lowest BCUT2D eigenvalue weighted by Crippen LogP contribution is -2.47. The van der Waals surface area contributed by atoms with Crippen LogP contribution in [-0.4, -0.2) is 42.5 Å². The third kappa shape index (κ3) is 4.94. The van der Waals surface area contributed by atoms with Gasteiger partial charge in [0.25, 0.3) is 0 Å². The minimum atomic E-state index is -2.82. The van der Waals surface area contributed by atoms with Crippen molar-refractivity contribution in [1.29, 1.82) is 0 Å². The van der Waals surface area contributed by atoms with E-state index in [0.717, 1.165) is 19.8 Å². The summed E-state index contributed by atoms with van der Waals surface area (Å²) in [5.74, 6) is -0.129. The van der Waals surface area contributed by atoms with Crippen molar-refractivity contribution in [2.45, 2.75) is 39.0 Å². The van der Waals surface area contributed by atoms with Gasteiger partial charge in [-0.25, -0.2) is 0 Å². The van der Waals surface area contributed by atoms with Crippen LogP contribution in [0.2, 0.25) is 0 Å². The van der Waals surface area contributed by atoms with Gasteiger partial charge in [0.1, 0.15) is 0 Å². The quantitative estimate of drug-likeness (QED) is 0.749. The highest BCUT2D eigenvalue weighted by atomic mass is 16.2. The van der Waals surface area contributed by atoms with Crippen molar-refractivity contribution in [1.82, 2.24) is 10.2 Å². The molecule has 94 valence electrons. The van der Waals surface area contributed by atoms with Crippen molar-refractivity contribution < 1.29 is 13.0 Å². The molecule has 0 atom stereocenters. The number of piperidine rings is 1. The van der Waals surface area contributed by atoms with Crippen LogP contribution in [0.4, 0.5) is 0 Å². The number of amides is 1. The first-order valence-electron chi connectivity index (χ1n) is 8.64. The number of nitrogens with two attached hydrogens (primary N) is 1. The Balaban J connectivity index is 2.66. The molecule has 0 aromatic heterocycles. The molecule has 16 heavy (non-hydrogen) atoms. The molecule has 0 bridgehead atoms. The van der Waals surface area contributed by atoms with Crippen LogP contribution in [0.3, 0.4) is 0 Å². The Morgan fingerprint density at radius 2 is 2.19 bits per heavy atom. The molecule has 4 heteroatoms. The zero-order chi connectivity index (χ0) is 17.2. The maximum absolute atomic E-state index is 12.1. The highest BCUT2D eigenvalue weighted by molar-refractivity contribution is 5.78. The summed E-state index contributed by atoms with van der Waals surface area (Å²) >= 11 is 0. The second-order valence-electron chi connectivity index (χ2n) is 4.63. The fraction of sp³-hybridized carbons (Fsp3) is 0.917. The lowest BCUT2D eigenvalue weighted by molar-refractivity contribution is -0.124. The lowest BCUT2D eigenvalue weighted by Gasteiger charge is -2.31. The SMILES string of the molecule is [2H]C([2H])([2H])C(C)(NC(=O)CN1CCC(CN)CC1)C([2H])([2H])[2H]. The Morgan fingerprint density at radius 3 is 2.69 bits per heavy atom. The number of nitrogens with zero attached hydrogens (tertiary/aromatic N) is 1. The minimum Gasteiger partial charge on any atom is -0.350 e. The Labute approximate surface area is 107 Å². The van der Waals surface area contributed by atoms with Crippen LogP contribution >= 0.6 is 0 Å². The summed E-state index contributed by atoms with van der Waals surface area (Å²) in [7, 11) is 0. The normalized spacial score (nSPS) is 26.9. The predicted molar refractivity (Wildman–Crippen MR) is 66.1 cm³/mol. The molecule has 1 aliphatic heterocycles. The second kappa shape index (κ2) is 5.64. The van der Waals surface area contributed by atoms with E-state index in [0.29, 0.717) is 25.6 Å². The average molecular weight is 233 g/mol. The molecule has 1 amide bonds. The van der Waals surface area contributed by atoms with Crippen molar-refractivity contribution in [2.24, 2.45) is 11.7 Å². The Morgan fingerprint density at radius 1 is 1.56 bits per heavy atom. The van der Waals surface area contributed by atoms with Crippen molar-refractivity contribution in [3.63, 3.8) is 0 Å². The second-order valence-corrected chi connectivity index (χ2v) is 4.63. The van der Waals surface area contributed by atoms with Gasteiger partial charge < -0.3 is 11.1 Å². The summed E-state index contributed by atoms with van der Waals surface area (Å²) in [6.45, 7) is -2.57. The number of carbonyl (C=O) groups excluding carboxylic acids is 1. The summed E-state index contributed by atoms with van der Waals surface area (Å²) in [5, 5.41) is 2.22. The van der Waals surface area contributed by atoms with Crippen LogP contribution in [0, 0.1) is 5.92 Å². The van der Waals surface area contributed by atoms with Gasteiger partial charge in [-0.15, -0.1) is 0 Å². The molecule has 0 spiro atoms. The van der Waals surface area contributed by atoms with E-state index in [1.54, 1.807) is 0 Å². The van der Waals surface area contributed by atoms with Gasteiger partial charge in [-0.05, 0) is 59.0 Å². The molecule has 0 saturated carbocycles. The van der Waals surface area contributed by atoms with E-state index in [2.05, 4.69) is 5.32 Å². The fourth-order valence-electron chi connectivity index (χ4n) is 1.90. The molecule has 3 N–H and O–H groups in total. The zero-order valence-electron chi connectivity index (χ0n) is 15.8. The van der Waals surface area contributed by atoms with E-state index in [1.807, 2.05) is 4.90 Å². The van der Waals surface area contributed by atoms with Gasteiger partial charge in [0.2, 0.25) is 5.91 Å². The maximum atomic E-state index is 12.1. The summed E-state index contributed by atoms with van der Waals surface area (Å²) in [4.78, 5) is 14.0. The molecule has 0 aromatic rings. The van der Waals surface area contributed by atoms with E-state index in [9.17, 15) is 4.79 Å². The molecule has 1 fully saturated rings. The molecule has 1 aliphatic rings. The van der Waals surface area contributed by atoms with Crippen molar-refractivity contribution in [3.8, 4) is 0 Å². The first-order chi connectivity index (χ1) is 9.90. The molecule has 0 aliphatic carbocycles. The smallest absolute Gasteiger partial charge is 0.234 e. The number of hydrogen-bond acceptors (Lipinski definition) is 3. The molecule has 4 nitrogen and oxygen atoms in total. The predicted octanol–water partition coefficient (Wildman–Crippen LogP) is 0.572. The van der Waals surface area contributed by atoms with Crippen LogP contribution in [0.25, 0.3) is 0 Å². The highest BCUT2D eigenvalue weighted by Gasteiger charge is 2.21. The molecule has 0 unspecified atom stereocenters. The van der Waals surface area contributed by atoms with Crippen LogP contribution in [0.5, 0.6) is 0 Å². The number of rotatable bonds is 3. The van der Waals surface area contributed by atoms with Gasteiger partial charge in [-0.2, -0.15) is 0 Å². The highest BCUT2D eigenvalue weighted by Crippen LogP contribution is 2.15. The molecular formula is C12H25N3O. The topological polar surface area (TPSA) is 58.4 Å². The summed E-state index contributed by atoms with van der Waals surface area (Å²) < 4.78 is 44.6. The first-order valence-corrected chi connectivity index (χ1v) is 5.64. The Hall–Kier alpha value is -0.610. The van der Waals surface area contributed by atoms with Gasteiger partial charge in [-0.3, -0.25) is 9.69 Å². The number of carbonyl (C=O) groups is 1. The van der Waals surface area contributed by atoms with Gasteiger partial charge in [0, 0.05) is 13.8 Å². The summed E-state index contributed by atoms with van der Waals surface area (Å²) in [6.07, 6.45) is 1.78. The van der Waals surface area contributed by atoms with Gasteiger partial charge in [0.15, 0.2) is 0 Å². The standard InChI is InChI=1S/C12H25N3O/c1-12(2,3)14-11(16)9-15-6-4-10(8-13)5-7-15/h10H,4-9,13H2,1-3H3,(H,14,16)/i1D3,2D3. The molecule has 1 heterocycles. The van der Waals surface area contributed by atoms with E-state index in [1.165, 1.54) is 0 Å². The number of nitrogens with one attached hydrogen (secondary N) is 1. The monoisotopic (exact) mass is 233 g/mol. The van der Waals surface area contributed by atoms with E-state index < -0.39 is 25.1 Å². The zero-order valence-corrected chi connectivity index (χ0v) is 9.75. The average Bonchev–Trinajstić information content (AvgIpc) is 2.36. The van der Waals surface area contributed by atoms with Gasteiger partial charge in [-0.1, -0.05) is 0 Å². The van der Waals surface area contributed by atoms with Crippen LogP contribution in [-0.2, 0) is 4.79 Å². The largest absolute Gasteiger partial charge is 0.350 e. The van der Waals surface area contributed by atoms with Crippen LogP contribution < -0.4 is 11.1 Å². The third-order valence-corrected chi connectivity index (χ3v) is 2.80. The van der Waals surface area contributed by atoms with E-state index in [-0.39, 0.29) is 6.54 Å². The molecule has 1 saturated heterocycles.